The summed E-state index contributed by atoms with van der Waals surface area (Å²) in [5.41, 5.74) is -1.22. The van der Waals surface area contributed by atoms with Crippen LogP contribution in [0.15, 0.2) is 52.3 Å². The minimum atomic E-state index is -4.61. The molecule has 25 heavy (non-hydrogen) atoms. The topological polar surface area (TPSA) is 80.3 Å². The summed E-state index contributed by atoms with van der Waals surface area (Å²) < 4.78 is 88.1. The van der Waals surface area contributed by atoms with Crippen molar-refractivity contribution in [1.29, 1.82) is 0 Å². The van der Waals surface area contributed by atoms with E-state index in [2.05, 4.69) is 4.72 Å². The fourth-order valence-electron chi connectivity index (χ4n) is 2.07. The van der Waals surface area contributed by atoms with Gasteiger partial charge in [0.2, 0.25) is 0 Å². The molecule has 0 aliphatic rings. The van der Waals surface area contributed by atoms with Gasteiger partial charge in [0.1, 0.15) is 0 Å². The minimum Gasteiger partial charge on any atom is -0.280 e. The van der Waals surface area contributed by atoms with Crippen molar-refractivity contribution in [3.05, 3.63) is 53.6 Å². The molecule has 10 heteroatoms. The summed E-state index contributed by atoms with van der Waals surface area (Å²) in [5.74, 6) is 0. The molecule has 0 heterocycles. The van der Waals surface area contributed by atoms with E-state index in [1.165, 1.54) is 13.0 Å². The van der Waals surface area contributed by atoms with Gasteiger partial charge in [-0.05, 0) is 48.9 Å². The average Bonchev–Trinajstić information content (AvgIpc) is 2.47. The van der Waals surface area contributed by atoms with Gasteiger partial charge in [-0.3, -0.25) is 4.72 Å². The lowest BCUT2D eigenvalue weighted by atomic mass is 10.1. The molecule has 0 aliphatic heterocycles. The fourth-order valence-corrected chi connectivity index (χ4v) is 3.75. The number of hydrogen-bond acceptors (Lipinski definition) is 4. The first kappa shape index (κ1) is 19.3. The minimum absolute atomic E-state index is 0.0343. The van der Waals surface area contributed by atoms with Crippen LogP contribution < -0.4 is 4.72 Å². The number of hydrogen-bond donors (Lipinski definition) is 1. The predicted molar refractivity (Wildman–Crippen MR) is 86.5 cm³/mol. The van der Waals surface area contributed by atoms with Crippen LogP contribution in [0.4, 0.5) is 18.9 Å². The van der Waals surface area contributed by atoms with Crippen LogP contribution in [0.1, 0.15) is 11.1 Å². The summed E-state index contributed by atoms with van der Waals surface area (Å²) in [4.78, 5) is -0.338. The highest BCUT2D eigenvalue weighted by molar-refractivity contribution is 7.92. The lowest BCUT2D eigenvalue weighted by molar-refractivity contribution is -0.138. The van der Waals surface area contributed by atoms with Gasteiger partial charge < -0.3 is 0 Å². The van der Waals surface area contributed by atoms with E-state index in [0.717, 1.165) is 36.6 Å². The van der Waals surface area contributed by atoms with Gasteiger partial charge in [0.25, 0.3) is 10.0 Å². The van der Waals surface area contributed by atoms with Crippen molar-refractivity contribution in [2.75, 3.05) is 11.0 Å². The SMILES string of the molecule is Cc1ccc(NS(=O)(=O)c2ccc(S(C)(=O)=O)cc2)cc1C(F)(F)F. The van der Waals surface area contributed by atoms with E-state index in [0.29, 0.717) is 6.07 Å². The van der Waals surface area contributed by atoms with Crippen LogP contribution in [0.3, 0.4) is 0 Å². The molecule has 5 nitrogen and oxygen atoms in total. The lowest BCUT2D eigenvalue weighted by Crippen LogP contribution is -2.15. The first-order valence-corrected chi connectivity index (χ1v) is 10.2. The fraction of sp³-hybridized carbons (Fsp3) is 0.200. The largest absolute Gasteiger partial charge is 0.416 e. The molecule has 0 atom stereocenters. The van der Waals surface area contributed by atoms with Crippen molar-refractivity contribution in [2.45, 2.75) is 22.9 Å². The van der Waals surface area contributed by atoms with E-state index in [1.54, 1.807) is 0 Å². The average molecular weight is 393 g/mol. The van der Waals surface area contributed by atoms with Crippen molar-refractivity contribution < 1.29 is 30.0 Å². The number of alkyl halides is 3. The Morgan fingerprint density at radius 2 is 1.40 bits per heavy atom. The van der Waals surface area contributed by atoms with Crippen LogP contribution in [-0.4, -0.2) is 23.1 Å². The van der Waals surface area contributed by atoms with Gasteiger partial charge in [-0.15, -0.1) is 0 Å². The number of aryl methyl sites for hydroxylation is 1. The summed E-state index contributed by atoms with van der Waals surface area (Å²) in [6, 6.07) is 7.44. The lowest BCUT2D eigenvalue weighted by Gasteiger charge is -2.13. The van der Waals surface area contributed by atoms with Crippen LogP contribution in [-0.2, 0) is 26.0 Å². The number of benzene rings is 2. The van der Waals surface area contributed by atoms with Crippen LogP contribution in [0, 0.1) is 6.92 Å². The molecule has 2 aromatic rings. The Bertz CT molecular complexity index is 996. The smallest absolute Gasteiger partial charge is 0.280 e. The Morgan fingerprint density at radius 1 is 0.880 bits per heavy atom. The maximum Gasteiger partial charge on any atom is 0.416 e. The summed E-state index contributed by atoms with van der Waals surface area (Å²) in [7, 11) is -7.65. The Morgan fingerprint density at radius 3 is 1.88 bits per heavy atom. The summed E-state index contributed by atoms with van der Waals surface area (Å²) in [6.45, 7) is 1.27. The van der Waals surface area contributed by atoms with Crippen molar-refractivity contribution in [2.24, 2.45) is 0 Å². The Labute approximate surface area is 143 Å². The van der Waals surface area contributed by atoms with Crippen LogP contribution in [0.2, 0.25) is 0 Å². The van der Waals surface area contributed by atoms with E-state index in [1.807, 2.05) is 0 Å². The number of halogens is 3. The summed E-state index contributed by atoms with van der Waals surface area (Å²) in [5, 5.41) is 0. The predicted octanol–water partition coefficient (Wildman–Crippen LogP) is 3.22. The van der Waals surface area contributed by atoms with Crippen LogP contribution in [0.5, 0.6) is 0 Å². The first-order chi connectivity index (χ1) is 11.3. The normalized spacial score (nSPS) is 12.8. The monoisotopic (exact) mass is 393 g/mol. The molecule has 0 aliphatic carbocycles. The summed E-state index contributed by atoms with van der Waals surface area (Å²) in [6.07, 6.45) is -3.64. The Hall–Kier alpha value is -2.07. The highest BCUT2D eigenvalue weighted by Crippen LogP contribution is 2.33. The molecule has 0 saturated carbocycles. The second-order valence-electron chi connectivity index (χ2n) is 5.38. The molecule has 1 N–H and O–H groups in total. The molecule has 0 amide bonds. The van der Waals surface area contributed by atoms with Gasteiger partial charge in [0, 0.05) is 11.9 Å². The van der Waals surface area contributed by atoms with E-state index in [9.17, 15) is 30.0 Å². The molecular formula is C15H14F3NO4S2. The molecule has 2 rings (SSSR count). The Balaban J connectivity index is 2.36. The number of anilines is 1. The van der Waals surface area contributed by atoms with E-state index < -0.39 is 31.6 Å². The van der Waals surface area contributed by atoms with Gasteiger partial charge in [-0.2, -0.15) is 13.2 Å². The molecule has 0 unspecified atom stereocenters. The second kappa shape index (κ2) is 6.34. The summed E-state index contributed by atoms with van der Waals surface area (Å²) >= 11 is 0. The third-order valence-electron chi connectivity index (χ3n) is 3.36. The van der Waals surface area contributed by atoms with Gasteiger partial charge >= 0.3 is 6.18 Å². The zero-order chi connectivity index (χ0) is 19.0. The van der Waals surface area contributed by atoms with Gasteiger partial charge in [-0.1, -0.05) is 6.07 Å². The van der Waals surface area contributed by atoms with Crippen molar-refractivity contribution in [3.63, 3.8) is 0 Å². The van der Waals surface area contributed by atoms with Crippen LogP contribution >= 0.6 is 0 Å². The molecule has 2 aromatic carbocycles. The highest BCUT2D eigenvalue weighted by Gasteiger charge is 2.32. The number of rotatable bonds is 4. The van der Waals surface area contributed by atoms with Crippen molar-refractivity contribution in [3.8, 4) is 0 Å². The van der Waals surface area contributed by atoms with E-state index in [4.69, 9.17) is 0 Å². The van der Waals surface area contributed by atoms with Gasteiger partial charge in [0.15, 0.2) is 9.84 Å². The molecule has 0 saturated heterocycles. The zero-order valence-corrected chi connectivity index (χ0v) is 14.8. The standard InChI is InChI=1S/C15H14F3NO4S2/c1-10-3-4-11(9-14(10)15(16,17)18)19-25(22,23)13-7-5-12(6-8-13)24(2,20)21/h3-9,19H,1-2H3. The molecule has 0 radical (unpaired) electrons. The second-order valence-corrected chi connectivity index (χ2v) is 9.07. The van der Waals surface area contributed by atoms with Crippen molar-refractivity contribution in [1.82, 2.24) is 0 Å². The van der Waals surface area contributed by atoms with Gasteiger partial charge in [-0.25, -0.2) is 16.8 Å². The van der Waals surface area contributed by atoms with E-state index >= 15 is 0 Å². The third-order valence-corrected chi connectivity index (χ3v) is 5.88. The highest BCUT2D eigenvalue weighted by atomic mass is 32.2. The number of sulfonamides is 1. The molecule has 0 bridgehead atoms. The van der Waals surface area contributed by atoms with Crippen molar-refractivity contribution >= 4 is 25.5 Å². The number of nitrogens with one attached hydrogen (secondary N) is 1. The molecule has 0 spiro atoms. The first-order valence-electron chi connectivity index (χ1n) is 6.81. The molecule has 0 aromatic heterocycles. The quantitative estimate of drug-likeness (QED) is 0.865. The van der Waals surface area contributed by atoms with Gasteiger partial charge in [0.05, 0.1) is 15.4 Å². The molecule has 0 fully saturated rings. The van der Waals surface area contributed by atoms with E-state index in [-0.39, 0.29) is 21.0 Å². The maximum absolute atomic E-state index is 12.9. The molecular weight excluding hydrogens is 379 g/mol. The third kappa shape index (κ3) is 4.51. The molecule has 136 valence electrons. The van der Waals surface area contributed by atoms with Crippen LogP contribution in [0.25, 0.3) is 0 Å². The number of sulfone groups is 1. The Kier molecular flexibility index (Phi) is 4.88. The maximum atomic E-state index is 12.9. The zero-order valence-electron chi connectivity index (χ0n) is 13.1.